The fraction of sp³-hybridized carbons (Fsp3) is 0.143. The molecular weight excluding hydrogens is 511 g/mol. The fourth-order valence-corrected chi connectivity index (χ4v) is 5.93. The summed E-state index contributed by atoms with van der Waals surface area (Å²) in [5.41, 5.74) is 3.81. The molecule has 0 aliphatic rings. The Bertz CT molecular complexity index is 1580. The third kappa shape index (κ3) is 5.00. The number of nitrogens with one attached hydrogen (secondary N) is 1. The first-order valence-corrected chi connectivity index (χ1v) is 13.3. The molecule has 3 heterocycles. The van der Waals surface area contributed by atoms with Gasteiger partial charge in [0.05, 0.1) is 23.9 Å². The van der Waals surface area contributed by atoms with E-state index in [1.807, 2.05) is 57.8 Å². The molecule has 5 rings (SSSR count). The van der Waals surface area contributed by atoms with Crippen LogP contribution in [-0.4, -0.2) is 30.2 Å². The first-order chi connectivity index (χ1) is 18.0. The van der Waals surface area contributed by atoms with Crippen LogP contribution in [0.5, 0.6) is 5.75 Å². The van der Waals surface area contributed by atoms with Crippen molar-refractivity contribution in [2.24, 2.45) is 0 Å². The van der Waals surface area contributed by atoms with Gasteiger partial charge in [0.25, 0.3) is 5.91 Å². The number of benzene rings is 2. The Hall–Kier alpha value is -3.95. The van der Waals surface area contributed by atoms with Crippen LogP contribution in [0.15, 0.2) is 71.4 Å². The van der Waals surface area contributed by atoms with Gasteiger partial charge in [0, 0.05) is 17.5 Å². The Labute approximate surface area is 220 Å². The van der Waals surface area contributed by atoms with E-state index in [1.54, 1.807) is 20.1 Å². The lowest BCUT2D eigenvalue weighted by Gasteiger charge is -2.12. The van der Waals surface area contributed by atoms with E-state index in [-0.39, 0.29) is 18.3 Å². The summed E-state index contributed by atoms with van der Waals surface area (Å²) >= 11 is 2.78. The zero-order valence-electron chi connectivity index (χ0n) is 20.1. The number of hydrogen-bond acceptors (Lipinski definition) is 6. The van der Waals surface area contributed by atoms with Gasteiger partial charge < -0.3 is 19.4 Å². The highest BCUT2D eigenvalue weighted by molar-refractivity contribution is 7.17. The summed E-state index contributed by atoms with van der Waals surface area (Å²) in [7, 11) is 1.59. The minimum Gasteiger partial charge on any atom is -0.497 e. The molecule has 5 aromatic rings. The van der Waals surface area contributed by atoms with Crippen molar-refractivity contribution in [1.82, 2.24) is 4.57 Å². The van der Waals surface area contributed by atoms with Crippen LogP contribution in [0, 0.1) is 5.82 Å². The van der Waals surface area contributed by atoms with E-state index in [4.69, 9.17) is 9.47 Å². The second-order valence-electron chi connectivity index (χ2n) is 8.17. The maximum absolute atomic E-state index is 13.8. The zero-order chi connectivity index (χ0) is 25.9. The minimum atomic E-state index is -0.513. The summed E-state index contributed by atoms with van der Waals surface area (Å²) in [4.78, 5) is 26.5. The lowest BCUT2D eigenvalue weighted by atomic mass is 10.0. The highest BCUT2D eigenvalue weighted by Crippen LogP contribution is 2.37. The molecule has 0 radical (unpaired) electrons. The Kier molecular flexibility index (Phi) is 7.07. The average molecular weight is 535 g/mol. The van der Waals surface area contributed by atoms with Crippen LogP contribution >= 0.6 is 22.7 Å². The molecule has 0 spiro atoms. The molecule has 2 aromatic carbocycles. The number of anilines is 1. The highest BCUT2D eigenvalue weighted by Gasteiger charge is 2.25. The second kappa shape index (κ2) is 10.6. The lowest BCUT2D eigenvalue weighted by molar-refractivity contribution is 0.0529. The van der Waals surface area contributed by atoms with Crippen molar-refractivity contribution in [2.45, 2.75) is 13.5 Å². The molecule has 0 saturated heterocycles. The molecule has 1 amide bonds. The summed E-state index contributed by atoms with van der Waals surface area (Å²) in [6, 6.07) is 17.4. The molecule has 9 heteroatoms. The SMILES string of the molecule is CCOC(=O)c1c(-c2ccc(OC)cc2)csc1NC(=O)c1cc2sccc2n1Cc1cccc(F)c1. The fourth-order valence-electron chi connectivity index (χ4n) is 4.16. The van der Waals surface area contributed by atoms with Crippen molar-refractivity contribution >= 4 is 49.8 Å². The van der Waals surface area contributed by atoms with Crippen LogP contribution < -0.4 is 10.1 Å². The molecule has 0 atom stereocenters. The number of halogens is 1. The minimum absolute atomic E-state index is 0.205. The van der Waals surface area contributed by atoms with Crippen molar-refractivity contribution in [1.29, 1.82) is 0 Å². The summed E-state index contributed by atoms with van der Waals surface area (Å²) in [6.07, 6.45) is 0. The van der Waals surface area contributed by atoms with Crippen molar-refractivity contribution < 1.29 is 23.5 Å². The third-order valence-corrected chi connectivity index (χ3v) is 7.63. The number of thiophene rings is 2. The van der Waals surface area contributed by atoms with Crippen LogP contribution in [0.4, 0.5) is 9.39 Å². The number of rotatable bonds is 8. The first-order valence-electron chi connectivity index (χ1n) is 11.5. The molecule has 1 N–H and O–H groups in total. The van der Waals surface area contributed by atoms with Crippen LogP contribution in [0.25, 0.3) is 21.3 Å². The number of hydrogen-bond donors (Lipinski definition) is 1. The number of nitrogens with zero attached hydrogens (tertiary/aromatic N) is 1. The van der Waals surface area contributed by atoms with E-state index < -0.39 is 5.97 Å². The van der Waals surface area contributed by atoms with Crippen LogP contribution in [0.3, 0.4) is 0 Å². The molecule has 0 unspecified atom stereocenters. The molecule has 0 bridgehead atoms. The maximum Gasteiger partial charge on any atom is 0.341 e. The topological polar surface area (TPSA) is 69.6 Å². The zero-order valence-corrected chi connectivity index (χ0v) is 21.8. The molecule has 0 fully saturated rings. The molecule has 37 heavy (non-hydrogen) atoms. The van der Waals surface area contributed by atoms with E-state index in [9.17, 15) is 14.0 Å². The normalized spacial score (nSPS) is 11.0. The van der Waals surface area contributed by atoms with E-state index in [1.165, 1.54) is 34.8 Å². The Balaban J connectivity index is 1.51. The van der Waals surface area contributed by atoms with Gasteiger partial charge in [-0.05, 0) is 59.8 Å². The quantitative estimate of drug-likeness (QED) is 0.217. The standard InChI is InChI=1S/C28H23FN2O4S2/c1-3-35-28(33)25-21(18-7-9-20(34-2)10-8-18)16-37-27(25)30-26(32)23-14-24-22(11-12-36-24)31(23)15-17-5-4-6-19(29)13-17/h4-14,16H,3,15H2,1-2H3,(H,30,32). The van der Waals surface area contributed by atoms with E-state index in [0.717, 1.165) is 21.3 Å². The van der Waals surface area contributed by atoms with Gasteiger partial charge in [0.2, 0.25) is 0 Å². The molecular formula is C28H23FN2O4S2. The largest absolute Gasteiger partial charge is 0.497 e. The third-order valence-electron chi connectivity index (χ3n) is 5.88. The molecule has 0 saturated carbocycles. The van der Waals surface area contributed by atoms with Gasteiger partial charge in [-0.15, -0.1) is 22.7 Å². The van der Waals surface area contributed by atoms with E-state index in [2.05, 4.69) is 5.32 Å². The number of esters is 1. The molecule has 3 aromatic heterocycles. The molecule has 188 valence electrons. The molecule has 0 aliphatic carbocycles. The van der Waals surface area contributed by atoms with Crippen molar-refractivity contribution in [2.75, 3.05) is 19.0 Å². The lowest BCUT2D eigenvalue weighted by Crippen LogP contribution is -2.19. The van der Waals surface area contributed by atoms with Gasteiger partial charge in [-0.1, -0.05) is 24.3 Å². The molecule has 6 nitrogen and oxygen atoms in total. The average Bonchev–Trinajstić information content (AvgIpc) is 3.60. The number of carbonyl (C=O) groups excluding carboxylic acids is 2. The predicted molar refractivity (Wildman–Crippen MR) is 146 cm³/mol. The van der Waals surface area contributed by atoms with Crippen molar-refractivity contribution in [3.8, 4) is 16.9 Å². The summed E-state index contributed by atoms with van der Waals surface area (Å²) < 4.78 is 27.2. The Morgan fingerprint density at radius 3 is 2.59 bits per heavy atom. The van der Waals surface area contributed by atoms with Crippen LogP contribution in [0.2, 0.25) is 0 Å². The molecule has 0 aliphatic heterocycles. The number of carbonyl (C=O) groups is 2. The van der Waals surface area contributed by atoms with Crippen LogP contribution in [-0.2, 0) is 11.3 Å². The van der Waals surface area contributed by atoms with E-state index in [0.29, 0.717) is 34.1 Å². The predicted octanol–water partition coefficient (Wildman–Crippen LogP) is 7.06. The van der Waals surface area contributed by atoms with Gasteiger partial charge in [-0.25, -0.2) is 9.18 Å². The van der Waals surface area contributed by atoms with Gasteiger partial charge in [0.15, 0.2) is 0 Å². The van der Waals surface area contributed by atoms with Crippen molar-refractivity contribution in [3.63, 3.8) is 0 Å². The van der Waals surface area contributed by atoms with Gasteiger partial charge in [0.1, 0.15) is 27.8 Å². The van der Waals surface area contributed by atoms with E-state index >= 15 is 0 Å². The number of ether oxygens (including phenoxy) is 2. The summed E-state index contributed by atoms with van der Waals surface area (Å²) in [5, 5.41) is 7.11. The van der Waals surface area contributed by atoms with Gasteiger partial charge >= 0.3 is 5.97 Å². The summed E-state index contributed by atoms with van der Waals surface area (Å²) in [5.74, 6) is -0.514. The Morgan fingerprint density at radius 2 is 1.86 bits per heavy atom. The highest BCUT2D eigenvalue weighted by atomic mass is 32.1. The van der Waals surface area contributed by atoms with Gasteiger partial charge in [-0.3, -0.25) is 4.79 Å². The van der Waals surface area contributed by atoms with Crippen LogP contribution in [0.1, 0.15) is 33.3 Å². The second-order valence-corrected chi connectivity index (χ2v) is 10.00. The first kappa shape index (κ1) is 24.7. The van der Waals surface area contributed by atoms with Crippen molar-refractivity contribution in [3.05, 3.63) is 94.1 Å². The number of methoxy groups -OCH3 is 1. The summed E-state index contributed by atoms with van der Waals surface area (Å²) in [6.45, 7) is 2.27. The number of aromatic nitrogens is 1. The maximum atomic E-state index is 13.8. The number of amides is 1. The number of fused-ring (bicyclic) bond motifs is 1. The Morgan fingerprint density at radius 1 is 1.05 bits per heavy atom. The van der Waals surface area contributed by atoms with Gasteiger partial charge in [-0.2, -0.15) is 0 Å². The smallest absolute Gasteiger partial charge is 0.341 e. The monoisotopic (exact) mass is 534 g/mol.